The van der Waals surface area contributed by atoms with E-state index in [2.05, 4.69) is 77.6 Å². The first-order valence-electron chi connectivity index (χ1n) is 53.9. The first kappa shape index (κ1) is 134. The first-order chi connectivity index (χ1) is 71.7. The van der Waals surface area contributed by atoms with Crippen LogP contribution in [0, 0.1) is 30.7 Å². The second-order valence-corrected chi connectivity index (χ2v) is 51.6. The molecule has 0 bridgehead atoms. The summed E-state index contributed by atoms with van der Waals surface area (Å²) in [6, 6.07) is 23.9. The molecular formula is C114H165BCeCl4LiN9O20. The summed E-state index contributed by atoms with van der Waals surface area (Å²) < 4.78 is 48.4. The molecule has 2 aromatic carbocycles. The number of aromatic hydroxyl groups is 1. The van der Waals surface area contributed by atoms with Crippen LogP contribution in [-0.4, -0.2) is 142 Å². The number of benzene rings is 2. The maximum atomic E-state index is 12.9. The Bertz CT molecular complexity index is 5830. The van der Waals surface area contributed by atoms with Crippen LogP contribution in [0.2, 0.25) is 5.35 Å². The molecule has 0 unspecified atom stereocenters. The van der Waals surface area contributed by atoms with Gasteiger partial charge in [-0.25, -0.2) is 14.4 Å². The van der Waals surface area contributed by atoms with Crippen molar-refractivity contribution in [3.05, 3.63) is 221 Å². The van der Waals surface area contributed by atoms with Crippen LogP contribution in [0.3, 0.4) is 0 Å². The summed E-state index contributed by atoms with van der Waals surface area (Å²) in [5.41, 5.74) is 36.6. The molecular weight excluding hydrogens is 2110 g/mol. The Hall–Kier alpha value is -8.23. The van der Waals surface area contributed by atoms with Gasteiger partial charge >= 0.3 is 90.4 Å². The molecule has 29 nitrogen and oxygen atoms in total. The van der Waals surface area contributed by atoms with Crippen molar-refractivity contribution < 1.29 is 122 Å². The number of Topliss-reactive ketones (excluding diaryl/α,β-unsaturated/α-hetero) is 1. The monoisotopic (exact) mass is 2280 g/mol. The van der Waals surface area contributed by atoms with Gasteiger partial charge in [-0.2, -0.15) is 9.97 Å². The van der Waals surface area contributed by atoms with E-state index in [9.17, 15) is 58.2 Å². The third kappa shape index (κ3) is 46.0. The van der Waals surface area contributed by atoms with Crippen molar-refractivity contribution in [2.24, 2.45) is 10.7 Å². The molecule has 4 N–H and O–H groups in total. The number of aldehydes is 1. The molecule has 8 heterocycles. The fraction of sp³-hybridized carbons (Fsp3) is 0.588. The molecule has 822 valence electrons. The molecule has 2 saturated carbocycles. The minimum absolute atomic E-state index is 0. The summed E-state index contributed by atoms with van der Waals surface area (Å²) in [5.74, 6) is -1.41. The van der Waals surface area contributed by atoms with Crippen molar-refractivity contribution in [2.75, 3.05) is 54.7 Å². The molecule has 0 spiro atoms. The van der Waals surface area contributed by atoms with E-state index in [-0.39, 0.29) is 91.4 Å². The number of carbonyl (C=O) groups is 5. The number of fused-ring (bicyclic) bond motifs is 7. The Kier molecular flexibility index (Phi) is 69.7. The number of aliphatic hydroxyl groups is 1. The number of para-hydroxylation sites is 4. The quantitative estimate of drug-likeness (QED) is 0.00472. The van der Waals surface area contributed by atoms with Gasteiger partial charge in [0.1, 0.15) is 28.6 Å². The number of carbonyl (C=O) groups excluding carboxylic acids is 5. The zero-order valence-electron chi connectivity index (χ0n) is 92.2. The molecule has 36 heteroatoms. The molecule has 3 fully saturated rings. The SMILES string of the molecule is C1CCOC1.CCCCN.CCCCN=C1CCCCC1.CCCCn1c2c(cc(C(=O)OC)c1=O)CCCC2.CCCCn1c2c(cc(C=O)c1=O)CCCC2.CCCCn1c2c(cc(CO)c1=O)CCCC2.CCCCn1c2c(cc(O)c1=O)CCCC2.CCCCn1c2c(cc(Oc3nc4ccccc4o3)c1=O)CCCC2.COC=C(C(=O)OC)C(=O)OC.Clc1nc2ccccc2o1.O=C1CCCCC1.[B].[Cl][Ce]([Cl])[Cl].[H-].[Li+]. The molecule has 17 rings (SSSR count). The van der Waals surface area contributed by atoms with Crippen molar-refractivity contribution in [3.8, 4) is 17.6 Å². The molecule has 7 aliphatic carbocycles. The van der Waals surface area contributed by atoms with E-state index in [1.54, 1.807) is 27.3 Å². The smallest absolute Gasteiger partial charge is 1.00 e. The topological polar surface area (TPSA) is 382 Å². The van der Waals surface area contributed by atoms with Crippen molar-refractivity contribution in [1.82, 2.24) is 32.8 Å². The number of ether oxygens (including phenoxy) is 6. The van der Waals surface area contributed by atoms with Crippen LogP contribution in [0.15, 0.2) is 128 Å². The van der Waals surface area contributed by atoms with Gasteiger partial charge in [-0.1, -0.05) is 131 Å². The fourth-order valence-electron chi connectivity index (χ4n) is 18.3. The number of hydrogen-bond acceptors (Lipinski definition) is 24. The van der Waals surface area contributed by atoms with Gasteiger partial charge in [-0.3, -0.25) is 38.6 Å². The van der Waals surface area contributed by atoms with Crippen molar-refractivity contribution in [1.29, 1.82) is 0 Å². The zero-order valence-corrected chi connectivity index (χ0v) is 97.4. The number of esters is 3. The van der Waals surface area contributed by atoms with E-state index in [0.29, 0.717) is 41.1 Å². The number of pyridine rings is 5. The maximum Gasteiger partial charge on any atom is 1.00 e. The van der Waals surface area contributed by atoms with Crippen molar-refractivity contribution >= 4 is 94.8 Å². The van der Waals surface area contributed by atoms with E-state index >= 15 is 0 Å². The number of oxazole rings is 2. The maximum absolute atomic E-state index is 12.9. The van der Waals surface area contributed by atoms with E-state index in [4.69, 9.17) is 57.3 Å². The number of aliphatic hydroxyl groups excluding tert-OH is 1. The minimum Gasteiger partial charge on any atom is -1.00 e. The number of hydrogen-bond donors (Lipinski definition) is 3. The average molecular weight is 2280 g/mol. The molecule has 3 radical (unpaired) electrons. The number of unbranched alkanes of at least 4 members (excludes halogenated alkanes) is 7. The fourth-order valence-corrected chi connectivity index (χ4v) is 18.4. The number of aromatic nitrogens is 7. The summed E-state index contributed by atoms with van der Waals surface area (Å²) in [6.45, 7) is 22.4. The van der Waals surface area contributed by atoms with Crippen molar-refractivity contribution in [3.63, 3.8) is 0 Å². The summed E-state index contributed by atoms with van der Waals surface area (Å²) >= 11 is 3.26. The molecule has 7 aromatic heterocycles. The zero-order chi connectivity index (χ0) is 108. The average Bonchev–Trinajstić information content (AvgIpc) is 1.78. The van der Waals surface area contributed by atoms with Gasteiger partial charge in [0.05, 0.1) is 40.6 Å². The second-order valence-electron chi connectivity index (χ2n) is 37.5. The van der Waals surface area contributed by atoms with Crippen LogP contribution in [-0.2, 0) is 142 Å². The molecule has 1 saturated heterocycles. The summed E-state index contributed by atoms with van der Waals surface area (Å²) in [5, 5.41) is 19.1. The predicted molar refractivity (Wildman–Crippen MR) is 595 cm³/mol. The van der Waals surface area contributed by atoms with Crippen LogP contribution >= 0.6 is 28.5 Å². The van der Waals surface area contributed by atoms with E-state index in [0.717, 1.165) is 306 Å². The number of rotatable bonds is 28. The van der Waals surface area contributed by atoms with Crippen molar-refractivity contribution in [2.45, 2.75) is 383 Å². The normalized spacial score (nSPS) is 14.0. The third-order valence-electron chi connectivity index (χ3n) is 26.3. The van der Waals surface area contributed by atoms with Gasteiger partial charge in [0.2, 0.25) is 0 Å². The summed E-state index contributed by atoms with van der Waals surface area (Å²) in [4.78, 5) is 129. The van der Waals surface area contributed by atoms with Gasteiger partial charge in [-0.15, -0.1) is 0 Å². The van der Waals surface area contributed by atoms with E-state index < -0.39 is 48.6 Å². The predicted octanol–water partition coefficient (Wildman–Crippen LogP) is 20.8. The Balaban J connectivity index is 0.000000434. The number of halogens is 4. The summed E-state index contributed by atoms with van der Waals surface area (Å²) in [6.07, 6.45) is 52.9. The minimum atomic E-state index is -2.24. The number of nitrogens with two attached hydrogens (primary N) is 1. The number of aliphatic imine (C=N–C) groups is 1. The number of aryl methyl sites for hydroxylation is 5. The standard InChI is InChI=1S/C20H22N2O3.C15H21NO3.C14H21NO2.C14H19NO2.C13H19NO2.C10H19N.C7H4ClNO.C7H10O5.C6H10O.C4H11N.C4H8O.B.Ce.3ClH.Li.H/c1-2-3-12-22-16-10-6-4-8-14(16)13-18(19(22)23)25-20-21-15-9-5-7-11-17(15)24-20;1-3-4-9-16-13-8-6-5-7-11(13)10-12(14(16)17)15(18)19-2;2*1-2-3-8-15-13-7-5-4-6-11(13)9-12(10-16)14(15)17;1-2-3-8-14-11-7-5-4-6-10(11)9-12(15)13(14)16;1-2-3-9-11-10-7-5-4-6-8-10;8-7-9-5-3-1-2-4-6(5)10-7;1-10-4-5(6(8)11-2)7(9)12-3;7-6-4-2-1-3-5-6;1-2-3-4-5;1-2-4-5-3-1;;;;;;;/h5,7,9,11,13H,2-4,6,8,10,12H2,1H3;10H,3-9H2,1-2H3;9,16H,2-8,10H2,1H3;9-10H,2-8H2,1H3;9,15H,2-8H2,1H3;2-9H2,1H3;1-4H;4H,1-3H3;1-5H2;2-5H2,1H3;1-4H2;;;3*1H;;/q;;;;;;;;;;;;+3;;;;+1;-1/p-3. The van der Waals surface area contributed by atoms with E-state index in [1.807, 2.05) is 74.4 Å². The van der Waals surface area contributed by atoms with Crippen LogP contribution < -0.4 is 57.1 Å². The Morgan fingerprint density at radius 2 is 0.853 bits per heavy atom. The second kappa shape index (κ2) is 78.0. The number of methoxy groups -OCH3 is 4. The molecule has 9 aromatic rings. The molecule has 1 aliphatic heterocycles. The van der Waals surface area contributed by atoms with Crippen LogP contribution in [0.25, 0.3) is 22.2 Å². The van der Waals surface area contributed by atoms with Crippen LogP contribution in [0.4, 0.5) is 0 Å². The Morgan fingerprint density at radius 1 is 0.467 bits per heavy atom. The Morgan fingerprint density at radius 3 is 1.24 bits per heavy atom. The number of ketones is 1. The molecule has 150 heavy (non-hydrogen) atoms. The number of nitrogens with zero attached hydrogens (tertiary/aromatic N) is 8. The molecule has 8 aliphatic rings. The van der Waals surface area contributed by atoms with Gasteiger partial charge in [0.15, 0.2) is 34.5 Å². The summed E-state index contributed by atoms with van der Waals surface area (Å²) in [7, 11) is 4.95. The van der Waals surface area contributed by atoms with Gasteiger partial charge in [0, 0.05) is 113 Å². The molecule has 0 amide bonds. The largest absolute Gasteiger partial charge is 1.00 e. The Labute approximate surface area is 928 Å². The van der Waals surface area contributed by atoms with Crippen LogP contribution in [0.5, 0.6) is 17.6 Å². The van der Waals surface area contributed by atoms with E-state index in [1.165, 1.54) is 156 Å². The van der Waals surface area contributed by atoms with Gasteiger partial charge < -0.3 is 77.5 Å². The first-order valence-corrected chi connectivity index (χ1v) is 66.1. The third-order valence-corrected chi connectivity index (χ3v) is 26.5. The van der Waals surface area contributed by atoms with Gasteiger partial charge in [0.25, 0.3) is 33.1 Å². The van der Waals surface area contributed by atoms with Gasteiger partial charge in [-0.05, 0) is 325 Å². The molecule has 0 atom stereocenters. The van der Waals surface area contributed by atoms with Crippen LogP contribution in [0.1, 0.15) is 364 Å².